The van der Waals surface area contributed by atoms with Crippen molar-refractivity contribution in [1.82, 2.24) is 0 Å². The molecule has 0 aromatic heterocycles. The van der Waals surface area contributed by atoms with Crippen molar-refractivity contribution in [2.24, 2.45) is 5.73 Å². The summed E-state index contributed by atoms with van der Waals surface area (Å²) in [7, 11) is 0. The fourth-order valence-electron chi connectivity index (χ4n) is 1.50. The fourth-order valence-corrected chi connectivity index (χ4v) is 1.50. The summed E-state index contributed by atoms with van der Waals surface area (Å²) in [5.41, 5.74) is 7.38. The highest BCUT2D eigenvalue weighted by molar-refractivity contribution is 5.65. The van der Waals surface area contributed by atoms with E-state index in [0.717, 1.165) is 5.57 Å². The van der Waals surface area contributed by atoms with Crippen molar-refractivity contribution >= 4 is 5.76 Å². The highest BCUT2D eigenvalue weighted by Crippen LogP contribution is 2.27. The maximum Gasteiger partial charge on any atom is 0.158 e. The molecule has 1 aromatic rings. The standard InChI is InChI=1S/C16H19NO3/c1-3-4-12(6-5-11(2)17)9-15(19)13-7-8-14(18)16(20)10-13/h3-10,18-20H,17H2,1-2H3/b4-3-,11-5+,12-6+,15-9-. The first-order valence-electron chi connectivity index (χ1n) is 6.13. The third-order valence-corrected chi connectivity index (χ3v) is 2.47. The molecule has 0 aliphatic carbocycles. The lowest BCUT2D eigenvalue weighted by Crippen LogP contribution is -1.89. The van der Waals surface area contributed by atoms with Gasteiger partial charge in [-0.3, -0.25) is 0 Å². The summed E-state index contributed by atoms with van der Waals surface area (Å²) in [4.78, 5) is 0. The number of rotatable bonds is 4. The molecule has 0 aliphatic heterocycles. The maximum atomic E-state index is 10.0. The van der Waals surface area contributed by atoms with Gasteiger partial charge in [-0.05, 0) is 49.8 Å². The summed E-state index contributed by atoms with van der Waals surface area (Å²) in [6.45, 7) is 3.63. The van der Waals surface area contributed by atoms with E-state index in [9.17, 15) is 15.3 Å². The summed E-state index contributed by atoms with van der Waals surface area (Å²) >= 11 is 0. The minimum Gasteiger partial charge on any atom is -0.507 e. The van der Waals surface area contributed by atoms with Gasteiger partial charge in [0.05, 0.1) is 0 Å². The van der Waals surface area contributed by atoms with Crippen LogP contribution in [0.4, 0.5) is 0 Å². The summed E-state index contributed by atoms with van der Waals surface area (Å²) in [5, 5.41) is 28.7. The van der Waals surface area contributed by atoms with E-state index in [1.807, 2.05) is 19.1 Å². The van der Waals surface area contributed by atoms with E-state index in [0.29, 0.717) is 11.3 Å². The molecule has 20 heavy (non-hydrogen) atoms. The van der Waals surface area contributed by atoms with Crippen LogP contribution in [-0.4, -0.2) is 15.3 Å². The molecule has 1 aromatic carbocycles. The lowest BCUT2D eigenvalue weighted by atomic mass is 10.1. The quantitative estimate of drug-likeness (QED) is 0.385. The van der Waals surface area contributed by atoms with Gasteiger partial charge in [0.15, 0.2) is 11.5 Å². The third-order valence-electron chi connectivity index (χ3n) is 2.47. The van der Waals surface area contributed by atoms with Crippen LogP contribution in [0.15, 0.2) is 59.8 Å². The Hall–Kier alpha value is -2.62. The number of aliphatic hydroxyl groups excluding tert-OH is 1. The zero-order chi connectivity index (χ0) is 15.1. The molecule has 0 aliphatic rings. The third kappa shape index (κ3) is 4.57. The molecule has 0 atom stereocenters. The molecule has 106 valence electrons. The van der Waals surface area contributed by atoms with E-state index in [-0.39, 0.29) is 17.3 Å². The van der Waals surface area contributed by atoms with E-state index >= 15 is 0 Å². The Labute approximate surface area is 118 Å². The molecule has 0 saturated heterocycles. The molecule has 0 fully saturated rings. The second-order valence-corrected chi connectivity index (χ2v) is 4.31. The molecule has 0 radical (unpaired) electrons. The Balaban J connectivity index is 3.13. The zero-order valence-corrected chi connectivity index (χ0v) is 11.5. The predicted molar refractivity (Wildman–Crippen MR) is 81.2 cm³/mol. The topological polar surface area (TPSA) is 86.7 Å². The van der Waals surface area contributed by atoms with Crippen molar-refractivity contribution < 1.29 is 15.3 Å². The lowest BCUT2D eigenvalue weighted by molar-refractivity contribution is 0.403. The first-order chi connectivity index (χ1) is 9.43. The molecule has 5 N–H and O–H groups in total. The van der Waals surface area contributed by atoms with E-state index in [1.165, 1.54) is 18.2 Å². The van der Waals surface area contributed by atoms with E-state index in [1.54, 1.807) is 25.2 Å². The Morgan fingerprint density at radius 3 is 2.40 bits per heavy atom. The summed E-state index contributed by atoms with van der Waals surface area (Å²) in [6, 6.07) is 4.12. The monoisotopic (exact) mass is 273 g/mol. The highest BCUT2D eigenvalue weighted by atomic mass is 16.3. The molecule has 0 spiro atoms. The Bertz CT molecular complexity index is 592. The molecule has 0 saturated carbocycles. The number of phenolic OH excluding ortho intramolecular Hbond substituents is 2. The molecule has 0 unspecified atom stereocenters. The van der Waals surface area contributed by atoms with Crippen LogP contribution in [0.5, 0.6) is 11.5 Å². The van der Waals surface area contributed by atoms with Crippen LogP contribution in [0.3, 0.4) is 0 Å². The highest BCUT2D eigenvalue weighted by Gasteiger charge is 2.04. The van der Waals surface area contributed by atoms with Gasteiger partial charge in [-0.15, -0.1) is 0 Å². The first kappa shape index (κ1) is 15.4. The summed E-state index contributed by atoms with van der Waals surface area (Å²) < 4.78 is 0. The Morgan fingerprint density at radius 2 is 1.85 bits per heavy atom. The van der Waals surface area contributed by atoms with Crippen molar-refractivity contribution in [1.29, 1.82) is 0 Å². The average molecular weight is 273 g/mol. The van der Waals surface area contributed by atoms with Gasteiger partial charge < -0.3 is 21.1 Å². The van der Waals surface area contributed by atoms with Gasteiger partial charge in [0.1, 0.15) is 5.76 Å². The molecule has 0 amide bonds. The molecular weight excluding hydrogens is 254 g/mol. The number of aromatic hydroxyl groups is 2. The van der Waals surface area contributed by atoms with Crippen LogP contribution in [0.25, 0.3) is 5.76 Å². The van der Waals surface area contributed by atoms with Gasteiger partial charge in [-0.25, -0.2) is 0 Å². The van der Waals surface area contributed by atoms with Crippen LogP contribution in [0.1, 0.15) is 19.4 Å². The normalized spacial score (nSPS) is 14.0. The van der Waals surface area contributed by atoms with Gasteiger partial charge in [0.2, 0.25) is 0 Å². The summed E-state index contributed by atoms with van der Waals surface area (Å²) in [6.07, 6.45) is 8.70. The van der Waals surface area contributed by atoms with Crippen molar-refractivity contribution in [2.75, 3.05) is 0 Å². The van der Waals surface area contributed by atoms with Crippen LogP contribution >= 0.6 is 0 Å². The lowest BCUT2D eigenvalue weighted by Gasteiger charge is -2.03. The SMILES string of the molecule is C\C=C/C(/C=C(\O)c1ccc(O)c(O)c1)=C\C=C(/C)N. The van der Waals surface area contributed by atoms with Crippen molar-refractivity contribution in [3.63, 3.8) is 0 Å². The molecule has 4 heteroatoms. The van der Waals surface area contributed by atoms with E-state index < -0.39 is 0 Å². The molecule has 0 bridgehead atoms. The number of benzene rings is 1. The number of allylic oxidation sites excluding steroid dienone is 7. The second kappa shape index (κ2) is 7.09. The van der Waals surface area contributed by atoms with Gasteiger partial charge in [0.25, 0.3) is 0 Å². The van der Waals surface area contributed by atoms with E-state index in [2.05, 4.69) is 0 Å². The number of hydrogen-bond acceptors (Lipinski definition) is 4. The number of nitrogens with two attached hydrogens (primary N) is 1. The smallest absolute Gasteiger partial charge is 0.158 e. The van der Waals surface area contributed by atoms with E-state index in [4.69, 9.17) is 5.73 Å². The van der Waals surface area contributed by atoms with Crippen LogP contribution in [0.2, 0.25) is 0 Å². The molecule has 4 nitrogen and oxygen atoms in total. The molecule has 1 rings (SSSR count). The first-order valence-corrected chi connectivity index (χ1v) is 6.13. The van der Waals surface area contributed by atoms with Crippen molar-refractivity contribution in [2.45, 2.75) is 13.8 Å². The van der Waals surface area contributed by atoms with Crippen LogP contribution < -0.4 is 5.73 Å². The van der Waals surface area contributed by atoms with Crippen molar-refractivity contribution in [3.8, 4) is 11.5 Å². The molecule has 0 heterocycles. The minimum atomic E-state index is -0.281. The Kier molecular flexibility index (Phi) is 5.47. The van der Waals surface area contributed by atoms with Crippen LogP contribution in [0, 0.1) is 0 Å². The number of aliphatic hydroxyl groups is 1. The molecular formula is C16H19NO3. The van der Waals surface area contributed by atoms with Crippen molar-refractivity contribution in [3.05, 3.63) is 65.4 Å². The van der Waals surface area contributed by atoms with Gasteiger partial charge in [-0.1, -0.05) is 18.2 Å². The zero-order valence-electron chi connectivity index (χ0n) is 11.5. The largest absolute Gasteiger partial charge is 0.507 e. The van der Waals surface area contributed by atoms with Crippen LogP contribution in [-0.2, 0) is 0 Å². The fraction of sp³-hybridized carbons (Fsp3) is 0.125. The summed E-state index contributed by atoms with van der Waals surface area (Å²) in [5.74, 6) is -0.531. The van der Waals surface area contributed by atoms with Gasteiger partial charge in [0, 0.05) is 11.3 Å². The van der Waals surface area contributed by atoms with Gasteiger partial charge >= 0.3 is 0 Å². The number of phenols is 2. The predicted octanol–water partition coefficient (Wildman–Crippen LogP) is 3.36. The Morgan fingerprint density at radius 1 is 1.15 bits per heavy atom. The van der Waals surface area contributed by atoms with Gasteiger partial charge in [-0.2, -0.15) is 0 Å². The number of hydrogen-bond donors (Lipinski definition) is 4. The second-order valence-electron chi connectivity index (χ2n) is 4.31. The average Bonchev–Trinajstić information content (AvgIpc) is 2.39. The maximum absolute atomic E-state index is 10.0. The minimum absolute atomic E-state index is 0.0206.